The highest BCUT2D eigenvalue weighted by Gasteiger charge is 2.58. The standard InChI is InChI=1S/C26H33FNO6P/c1-3-33-35(32,16-8-7-11-21-9-5-4-6-10-21)19-25(29)28(26(30)31)18-24(17-20(28)2)34-23-14-12-22(27)13-15-23/h4-6,9-10,12-15,20,24H,3,7-8,11,16-19H2,1-2H3/p+1/t20-,24-,28-,35?/m1/s1. The lowest BCUT2D eigenvalue weighted by Crippen LogP contribution is -2.60. The summed E-state index contributed by atoms with van der Waals surface area (Å²) in [5.41, 5.74) is 1.18. The Morgan fingerprint density at radius 1 is 1.11 bits per heavy atom. The van der Waals surface area contributed by atoms with E-state index in [4.69, 9.17) is 9.26 Å². The third-order valence-electron chi connectivity index (χ3n) is 6.55. The number of nitrogens with zero attached hydrogens (tertiary/aromatic N) is 1. The number of unbranched alkanes of at least 4 members (excludes halogenated alkanes) is 1. The largest absolute Gasteiger partial charge is 0.521 e. The number of quaternary nitrogens is 1. The molecular weight excluding hydrogens is 472 g/mol. The van der Waals surface area contributed by atoms with Gasteiger partial charge in [0.25, 0.3) is 0 Å². The number of likely N-dealkylation sites (tertiary alicyclic amines) is 1. The number of carbonyl (C=O) groups excluding carboxylic acids is 1. The number of hydrogen-bond donors (Lipinski definition) is 1. The van der Waals surface area contributed by atoms with E-state index in [1.54, 1.807) is 13.8 Å². The van der Waals surface area contributed by atoms with Crippen molar-refractivity contribution in [2.24, 2.45) is 0 Å². The van der Waals surface area contributed by atoms with Crippen molar-refractivity contribution in [2.75, 3.05) is 25.5 Å². The molecule has 0 bridgehead atoms. The van der Waals surface area contributed by atoms with Crippen LogP contribution in [0.5, 0.6) is 5.75 Å². The van der Waals surface area contributed by atoms with E-state index in [1.165, 1.54) is 29.8 Å². The van der Waals surface area contributed by atoms with Crippen molar-refractivity contribution in [3.05, 3.63) is 66.0 Å². The van der Waals surface area contributed by atoms with Crippen LogP contribution < -0.4 is 4.74 Å². The van der Waals surface area contributed by atoms with Gasteiger partial charge in [-0.1, -0.05) is 30.3 Å². The highest BCUT2D eigenvalue weighted by Crippen LogP contribution is 2.49. The number of imide groups is 1. The summed E-state index contributed by atoms with van der Waals surface area (Å²) >= 11 is 0. The topological polar surface area (TPSA) is 89.9 Å². The van der Waals surface area contributed by atoms with Crippen molar-refractivity contribution in [1.29, 1.82) is 0 Å². The molecule has 1 aliphatic heterocycles. The molecule has 35 heavy (non-hydrogen) atoms. The minimum absolute atomic E-state index is 0.0904. The van der Waals surface area contributed by atoms with Crippen molar-refractivity contribution < 1.29 is 37.4 Å². The van der Waals surface area contributed by atoms with Gasteiger partial charge in [-0.15, -0.1) is 0 Å². The fraction of sp³-hybridized carbons (Fsp3) is 0.462. The lowest BCUT2D eigenvalue weighted by Gasteiger charge is -2.30. The fourth-order valence-electron chi connectivity index (χ4n) is 4.73. The fourth-order valence-corrected chi connectivity index (χ4v) is 6.95. The van der Waals surface area contributed by atoms with Gasteiger partial charge in [0.2, 0.25) is 7.37 Å². The molecule has 1 aliphatic rings. The second-order valence-corrected chi connectivity index (χ2v) is 11.7. The molecule has 0 saturated carbocycles. The van der Waals surface area contributed by atoms with Crippen LogP contribution in [-0.4, -0.2) is 59.2 Å². The van der Waals surface area contributed by atoms with Gasteiger partial charge in [-0.05, 0) is 62.9 Å². The zero-order chi connectivity index (χ0) is 25.5. The number of benzene rings is 2. The molecule has 2 aromatic rings. The van der Waals surface area contributed by atoms with Crippen molar-refractivity contribution in [1.82, 2.24) is 0 Å². The van der Waals surface area contributed by atoms with Crippen molar-refractivity contribution in [3.63, 3.8) is 0 Å². The van der Waals surface area contributed by atoms with E-state index in [-0.39, 0.29) is 19.3 Å². The van der Waals surface area contributed by atoms with Gasteiger partial charge in [0.05, 0.1) is 6.61 Å². The molecular formula is C26H34FNO6P+. The van der Waals surface area contributed by atoms with Gasteiger partial charge in [0.1, 0.15) is 30.3 Å². The maximum atomic E-state index is 13.6. The summed E-state index contributed by atoms with van der Waals surface area (Å²) in [4.78, 5) is 25.8. The Balaban J connectivity index is 1.67. The number of aryl methyl sites for hydroxylation is 1. The van der Waals surface area contributed by atoms with Gasteiger partial charge in [-0.2, -0.15) is 9.28 Å². The van der Waals surface area contributed by atoms with Gasteiger partial charge < -0.3 is 14.4 Å². The molecule has 4 atom stereocenters. The first-order valence-corrected chi connectivity index (χ1v) is 14.0. The number of halogens is 1. The molecule has 0 aromatic heterocycles. The van der Waals surface area contributed by atoms with E-state index in [0.29, 0.717) is 18.6 Å². The smallest absolute Gasteiger partial charge is 0.484 e. The molecule has 7 nitrogen and oxygen atoms in total. The Hall–Kier alpha value is -2.54. The van der Waals surface area contributed by atoms with Gasteiger partial charge in [-0.25, -0.2) is 9.18 Å². The summed E-state index contributed by atoms with van der Waals surface area (Å²) in [7, 11) is -3.36. The summed E-state index contributed by atoms with van der Waals surface area (Å²) in [6, 6.07) is 14.8. The minimum atomic E-state index is -3.36. The van der Waals surface area contributed by atoms with Crippen LogP contribution in [0.2, 0.25) is 0 Å². The predicted octanol–water partition coefficient (Wildman–Crippen LogP) is 5.72. The highest BCUT2D eigenvalue weighted by atomic mass is 31.2. The van der Waals surface area contributed by atoms with Gasteiger partial charge >= 0.3 is 12.0 Å². The first kappa shape index (κ1) is 27.1. The van der Waals surface area contributed by atoms with Crippen LogP contribution >= 0.6 is 7.37 Å². The molecule has 1 N–H and O–H groups in total. The molecule has 0 spiro atoms. The third-order valence-corrected chi connectivity index (χ3v) is 9.03. The molecule has 0 radical (unpaired) electrons. The number of rotatable bonds is 11. The molecule has 190 valence electrons. The lowest BCUT2D eigenvalue weighted by molar-refractivity contribution is -0.792. The van der Waals surface area contributed by atoms with Crippen LogP contribution in [0, 0.1) is 5.82 Å². The highest BCUT2D eigenvalue weighted by molar-refractivity contribution is 7.59. The second kappa shape index (κ2) is 11.9. The number of amides is 2. The molecule has 1 unspecified atom stereocenters. The molecule has 1 fully saturated rings. The van der Waals surface area contributed by atoms with E-state index < -0.39 is 48.0 Å². The molecule has 9 heteroatoms. The SMILES string of the molecule is CCOP(=O)(CCCCc1ccccc1)CC(=O)[N@@+]1(C(=O)O)C[C@H](Oc2ccc(F)cc2)C[C@H]1C. The Kier molecular flexibility index (Phi) is 9.22. The number of ether oxygens (including phenoxy) is 1. The average Bonchev–Trinajstić information content (AvgIpc) is 3.16. The van der Waals surface area contributed by atoms with Crippen LogP contribution in [-0.2, 0) is 20.3 Å². The molecule has 3 rings (SSSR count). The zero-order valence-corrected chi connectivity index (χ0v) is 21.2. The van der Waals surface area contributed by atoms with Crippen LogP contribution in [0.1, 0.15) is 38.7 Å². The van der Waals surface area contributed by atoms with E-state index in [9.17, 15) is 23.7 Å². The van der Waals surface area contributed by atoms with Gasteiger partial charge in [0, 0.05) is 12.6 Å². The van der Waals surface area contributed by atoms with Gasteiger partial charge in [0.15, 0.2) is 6.10 Å². The second-order valence-electron chi connectivity index (χ2n) is 9.06. The summed E-state index contributed by atoms with van der Waals surface area (Å²) in [5.74, 6) is -0.631. The van der Waals surface area contributed by atoms with Crippen molar-refractivity contribution >= 4 is 19.4 Å². The van der Waals surface area contributed by atoms with E-state index >= 15 is 0 Å². The molecule has 0 aliphatic carbocycles. The molecule has 1 heterocycles. The maximum Gasteiger partial charge on any atom is 0.521 e. The monoisotopic (exact) mass is 506 g/mol. The lowest BCUT2D eigenvalue weighted by atomic mass is 10.1. The normalized spacial score (nSPS) is 23.5. The van der Waals surface area contributed by atoms with Crippen LogP contribution in [0.25, 0.3) is 0 Å². The number of carboxylic acid groups (broad SMARTS) is 1. The predicted molar refractivity (Wildman–Crippen MR) is 131 cm³/mol. The van der Waals surface area contributed by atoms with Crippen molar-refractivity contribution in [3.8, 4) is 5.75 Å². The minimum Gasteiger partial charge on any atom is -0.484 e. The summed E-state index contributed by atoms with van der Waals surface area (Å²) in [5, 5.41) is 10.1. The molecule has 1 saturated heterocycles. The molecule has 2 aromatic carbocycles. The Morgan fingerprint density at radius 2 is 1.80 bits per heavy atom. The first-order valence-electron chi connectivity index (χ1n) is 12.0. The van der Waals surface area contributed by atoms with Gasteiger partial charge in [-0.3, -0.25) is 4.57 Å². The van der Waals surface area contributed by atoms with Crippen LogP contribution in [0.4, 0.5) is 9.18 Å². The number of carbonyl (C=O) groups is 2. The van der Waals surface area contributed by atoms with Crippen LogP contribution in [0.3, 0.4) is 0 Å². The van der Waals surface area contributed by atoms with Crippen molar-refractivity contribution in [2.45, 2.75) is 51.7 Å². The quantitative estimate of drug-likeness (QED) is 0.238. The Labute approximate surface area is 205 Å². The van der Waals surface area contributed by atoms with E-state index in [2.05, 4.69) is 0 Å². The summed E-state index contributed by atoms with van der Waals surface area (Å²) in [6.07, 6.45) is 0.514. The van der Waals surface area contributed by atoms with E-state index in [1.807, 2.05) is 30.3 Å². The van der Waals surface area contributed by atoms with E-state index in [0.717, 1.165) is 12.8 Å². The maximum absolute atomic E-state index is 13.6. The van der Waals surface area contributed by atoms with Crippen LogP contribution in [0.15, 0.2) is 54.6 Å². The Morgan fingerprint density at radius 3 is 2.43 bits per heavy atom. The summed E-state index contributed by atoms with van der Waals surface area (Å²) < 4.78 is 37.3. The summed E-state index contributed by atoms with van der Waals surface area (Å²) in [6.45, 7) is 3.49. The first-order chi connectivity index (χ1) is 16.7. The Bertz CT molecular complexity index is 1050. The average molecular weight is 507 g/mol. The number of hydrogen-bond acceptors (Lipinski definition) is 5. The zero-order valence-electron chi connectivity index (χ0n) is 20.3. The third kappa shape index (κ3) is 6.78. The molecule has 2 amide bonds.